The average molecular weight is 632 g/mol. The van der Waals surface area contributed by atoms with Crippen molar-refractivity contribution in [2.75, 3.05) is 4.90 Å². The number of anilines is 2. The maximum atomic E-state index is 5.39. The molecule has 6 aromatic carbocycles. The molecule has 0 spiro atoms. The van der Waals surface area contributed by atoms with Crippen LogP contribution < -0.4 is 4.90 Å². The van der Waals surface area contributed by atoms with Gasteiger partial charge in [0.2, 0.25) is 0 Å². The molecule has 0 saturated heterocycles. The Morgan fingerprint density at radius 1 is 0.583 bits per heavy atom. The largest absolute Gasteiger partial charge is 0.317 e. The summed E-state index contributed by atoms with van der Waals surface area (Å²) in [5, 5.41) is 5.22. The molecule has 0 fully saturated rings. The van der Waals surface area contributed by atoms with Crippen LogP contribution in [0.4, 0.5) is 11.5 Å². The van der Waals surface area contributed by atoms with Gasteiger partial charge in [-0.15, -0.1) is 11.3 Å². The van der Waals surface area contributed by atoms with Crippen molar-refractivity contribution in [1.82, 2.24) is 9.97 Å². The Kier molecular flexibility index (Phi) is 6.18. The minimum absolute atomic E-state index is 0.0438. The van der Waals surface area contributed by atoms with E-state index < -0.39 is 0 Å². The highest BCUT2D eigenvalue weighted by Crippen LogP contribution is 2.57. The molecule has 0 amide bonds. The van der Waals surface area contributed by atoms with Crippen molar-refractivity contribution < 1.29 is 0 Å². The van der Waals surface area contributed by atoms with E-state index in [1.807, 2.05) is 17.4 Å². The van der Waals surface area contributed by atoms with Crippen LogP contribution in [0.3, 0.4) is 0 Å². The molecule has 3 nitrogen and oxygen atoms in total. The zero-order chi connectivity index (χ0) is 31.6. The molecular weight excluding hydrogens is 603 g/mol. The van der Waals surface area contributed by atoms with Crippen LogP contribution in [-0.2, 0) is 0 Å². The predicted molar refractivity (Wildman–Crippen MR) is 202 cm³/mol. The van der Waals surface area contributed by atoms with Crippen molar-refractivity contribution >= 4 is 59.4 Å². The van der Waals surface area contributed by atoms with Gasteiger partial charge >= 0.3 is 0 Å². The highest BCUT2D eigenvalue weighted by molar-refractivity contribution is 7.26. The highest BCUT2D eigenvalue weighted by atomic mass is 32.1. The summed E-state index contributed by atoms with van der Waals surface area (Å²) >= 11 is 1.89. The van der Waals surface area contributed by atoms with Crippen LogP contribution in [0.25, 0.3) is 59.2 Å². The maximum Gasteiger partial charge on any atom is 0.162 e. The van der Waals surface area contributed by atoms with Crippen LogP contribution in [-0.4, -0.2) is 16.0 Å². The Morgan fingerprint density at radius 3 is 1.96 bits per heavy atom. The van der Waals surface area contributed by atoms with Gasteiger partial charge in [-0.05, 0) is 33.5 Å². The van der Waals surface area contributed by atoms with E-state index in [0.29, 0.717) is 0 Å². The molecule has 48 heavy (non-hydrogen) atoms. The predicted octanol–water partition coefficient (Wildman–Crippen LogP) is 11.6. The maximum absolute atomic E-state index is 5.39. The van der Waals surface area contributed by atoms with Gasteiger partial charge in [-0.1, -0.05) is 152 Å². The van der Waals surface area contributed by atoms with Crippen LogP contribution in [0.15, 0.2) is 164 Å². The molecule has 0 N–H and O–H groups in total. The zero-order valence-electron chi connectivity index (χ0n) is 26.0. The summed E-state index contributed by atoms with van der Waals surface area (Å²) in [7, 11) is 0. The van der Waals surface area contributed by atoms with E-state index in [1.165, 1.54) is 53.3 Å². The molecule has 0 radical (unpaired) electrons. The molecule has 10 rings (SSSR count). The number of allylic oxidation sites excluding steroid dienone is 2. The lowest BCUT2D eigenvalue weighted by Crippen LogP contribution is -2.30. The van der Waals surface area contributed by atoms with Gasteiger partial charge in [0.15, 0.2) is 5.82 Å². The number of thiophene rings is 1. The van der Waals surface area contributed by atoms with Crippen LogP contribution in [0.1, 0.15) is 17.0 Å². The van der Waals surface area contributed by atoms with Gasteiger partial charge in [0.25, 0.3) is 0 Å². The summed E-state index contributed by atoms with van der Waals surface area (Å²) in [4.78, 5) is 13.1. The van der Waals surface area contributed by atoms with Crippen LogP contribution >= 0.6 is 11.3 Å². The number of hydrogen-bond donors (Lipinski definition) is 0. The van der Waals surface area contributed by atoms with Crippen molar-refractivity contribution in [2.45, 2.75) is 12.0 Å². The van der Waals surface area contributed by atoms with Gasteiger partial charge in [0, 0.05) is 43.3 Å². The smallest absolute Gasteiger partial charge is 0.162 e. The number of nitrogens with zero attached hydrogens (tertiary/aromatic N) is 3. The third-order valence-corrected chi connectivity index (χ3v) is 11.0. The van der Waals surface area contributed by atoms with E-state index in [-0.39, 0.29) is 12.0 Å². The first-order chi connectivity index (χ1) is 23.8. The van der Waals surface area contributed by atoms with E-state index >= 15 is 0 Å². The SMILES string of the molecule is C1=CC2C(C=C1c1ccccc1)c1c(c3c4ccccc4sc3c3ccccc13)N2c1cc(-c2ccccc2)nc(-c2ccccc2)n1. The molecule has 0 bridgehead atoms. The summed E-state index contributed by atoms with van der Waals surface area (Å²) < 4.78 is 2.63. The first kappa shape index (κ1) is 27.3. The Labute approximate surface area is 282 Å². The van der Waals surface area contributed by atoms with Gasteiger partial charge in [0.1, 0.15) is 5.82 Å². The van der Waals surface area contributed by atoms with Gasteiger partial charge in [-0.25, -0.2) is 9.97 Å². The molecule has 1 aliphatic heterocycles. The molecule has 2 unspecified atom stereocenters. The number of benzene rings is 6. The second-order valence-electron chi connectivity index (χ2n) is 12.5. The van der Waals surface area contributed by atoms with Crippen molar-refractivity contribution in [3.8, 4) is 22.6 Å². The van der Waals surface area contributed by atoms with Crippen LogP contribution in [0, 0.1) is 0 Å². The first-order valence-corrected chi connectivity index (χ1v) is 17.2. The summed E-state index contributed by atoms with van der Waals surface area (Å²) in [6, 6.07) is 51.7. The molecule has 2 aromatic heterocycles. The monoisotopic (exact) mass is 631 g/mol. The second kappa shape index (κ2) is 10.9. The topological polar surface area (TPSA) is 29.0 Å². The normalized spacial score (nSPS) is 16.8. The van der Waals surface area contributed by atoms with Gasteiger partial charge in [-0.2, -0.15) is 0 Å². The lowest BCUT2D eigenvalue weighted by atomic mass is 9.84. The Balaban J connectivity index is 1.31. The third-order valence-electron chi connectivity index (χ3n) is 9.79. The van der Waals surface area contributed by atoms with E-state index in [2.05, 4.69) is 163 Å². The minimum atomic E-state index is 0.0438. The number of aromatic nitrogens is 2. The average Bonchev–Trinajstić information content (AvgIpc) is 3.72. The van der Waals surface area contributed by atoms with Gasteiger partial charge in [0.05, 0.1) is 17.4 Å². The molecule has 4 heteroatoms. The lowest BCUT2D eigenvalue weighted by Gasteiger charge is -2.29. The Morgan fingerprint density at radius 2 is 1.21 bits per heavy atom. The molecular formula is C44H29N3S. The fourth-order valence-electron chi connectivity index (χ4n) is 7.68. The first-order valence-electron chi connectivity index (χ1n) is 16.4. The summed E-state index contributed by atoms with van der Waals surface area (Å²) in [6.07, 6.45) is 7.19. The van der Waals surface area contributed by atoms with Crippen LogP contribution in [0.2, 0.25) is 0 Å². The van der Waals surface area contributed by atoms with Crippen molar-refractivity contribution in [3.63, 3.8) is 0 Å². The third kappa shape index (κ3) is 4.20. The number of rotatable bonds is 4. The Hall–Kier alpha value is -5.84. The standard InChI is InChI=1S/C44H29N3S/c1-4-14-28(15-5-1)31-24-25-37-35(26-31)40-32-20-10-11-21-33(32)43-41(34-22-12-13-23-38(34)48-43)42(40)47(37)39-27-36(29-16-6-2-7-17-29)45-44(46-39)30-18-8-3-9-19-30/h1-27,35,37H. The fraction of sp³-hybridized carbons (Fsp3) is 0.0455. The Bertz CT molecular complexity index is 2510. The van der Waals surface area contributed by atoms with E-state index in [1.54, 1.807) is 0 Å². The van der Waals surface area contributed by atoms with Gasteiger partial charge in [-0.3, -0.25) is 0 Å². The molecule has 2 atom stereocenters. The van der Waals surface area contributed by atoms with E-state index in [0.717, 1.165) is 28.5 Å². The molecule has 8 aromatic rings. The summed E-state index contributed by atoms with van der Waals surface area (Å²) in [5.41, 5.74) is 8.09. The quantitative estimate of drug-likeness (QED) is 0.193. The fourth-order valence-corrected chi connectivity index (χ4v) is 8.92. The molecule has 3 heterocycles. The molecule has 1 aliphatic carbocycles. The van der Waals surface area contributed by atoms with Crippen LogP contribution in [0.5, 0.6) is 0 Å². The van der Waals surface area contributed by atoms with Gasteiger partial charge < -0.3 is 4.90 Å². The second-order valence-corrected chi connectivity index (χ2v) is 13.6. The minimum Gasteiger partial charge on any atom is -0.317 e. The number of fused-ring (bicyclic) bond motifs is 10. The van der Waals surface area contributed by atoms with Crippen molar-refractivity contribution in [2.24, 2.45) is 0 Å². The molecule has 226 valence electrons. The molecule has 0 saturated carbocycles. The summed E-state index contributed by atoms with van der Waals surface area (Å²) in [5.74, 6) is 1.76. The molecule has 2 aliphatic rings. The van der Waals surface area contributed by atoms with E-state index in [4.69, 9.17) is 9.97 Å². The highest BCUT2D eigenvalue weighted by Gasteiger charge is 2.42. The zero-order valence-corrected chi connectivity index (χ0v) is 26.8. The van der Waals surface area contributed by atoms with Crippen molar-refractivity contribution in [1.29, 1.82) is 0 Å². The summed E-state index contributed by atoms with van der Waals surface area (Å²) in [6.45, 7) is 0. The van der Waals surface area contributed by atoms with Crippen molar-refractivity contribution in [3.05, 3.63) is 175 Å². The number of hydrogen-bond acceptors (Lipinski definition) is 4. The van der Waals surface area contributed by atoms with E-state index in [9.17, 15) is 0 Å². The lowest BCUT2D eigenvalue weighted by molar-refractivity contribution is 0.742.